The van der Waals surface area contributed by atoms with Crippen LogP contribution in [0.4, 0.5) is 0 Å². The van der Waals surface area contributed by atoms with Gasteiger partial charge in [-0.1, -0.05) is 12.1 Å². The number of esters is 1. The van der Waals surface area contributed by atoms with E-state index in [0.29, 0.717) is 24.2 Å². The van der Waals surface area contributed by atoms with E-state index in [2.05, 4.69) is 27.9 Å². The molecule has 1 aromatic rings. The largest absolute Gasteiger partial charge is 0.460 e. The summed E-state index contributed by atoms with van der Waals surface area (Å²) in [5, 5.41) is 3.29. The standard InChI is InChI=1S/C20H22INO4/c1-12-17(20(24)26-10-9-25-2)18(13-5-3-6-14(21)11-13)19-15(22-12)7-4-8-16(19)23/h3,5-6,11,18,22H,4,7-10H2,1-2H3/t18-/m1/s1. The first-order valence-electron chi connectivity index (χ1n) is 8.68. The Morgan fingerprint density at radius 2 is 2.12 bits per heavy atom. The number of carbonyl (C=O) groups is 2. The molecule has 5 nitrogen and oxygen atoms in total. The second kappa shape index (κ2) is 8.35. The van der Waals surface area contributed by atoms with Crippen LogP contribution in [0.15, 0.2) is 46.8 Å². The Hall–Kier alpha value is -1.67. The molecule has 2 aliphatic rings. The number of benzene rings is 1. The van der Waals surface area contributed by atoms with Gasteiger partial charge in [0.15, 0.2) is 5.78 Å². The van der Waals surface area contributed by atoms with Crippen LogP contribution < -0.4 is 5.32 Å². The van der Waals surface area contributed by atoms with E-state index in [4.69, 9.17) is 9.47 Å². The predicted octanol–water partition coefficient (Wildman–Crippen LogP) is 3.45. The topological polar surface area (TPSA) is 64.6 Å². The zero-order valence-electron chi connectivity index (χ0n) is 14.9. The summed E-state index contributed by atoms with van der Waals surface area (Å²) in [6.45, 7) is 2.40. The Bertz CT molecular complexity index is 797. The van der Waals surface area contributed by atoms with E-state index in [9.17, 15) is 9.59 Å². The average Bonchev–Trinajstić information content (AvgIpc) is 2.61. The van der Waals surface area contributed by atoms with Crippen LogP contribution in [0.2, 0.25) is 0 Å². The quantitative estimate of drug-likeness (QED) is 0.409. The predicted molar refractivity (Wildman–Crippen MR) is 106 cm³/mol. The van der Waals surface area contributed by atoms with E-state index in [1.165, 1.54) is 0 Å². The van der Waals surface area contributed by atoms with E-state index in [0.717, 1.165) is 33.4 Å². The first kappa shape index (κ1) is 19.1. The van der Waals surface area contributed by atoms with Crippen molar-refractivity contribution in [2.75, 3.05) is 20.3 Å². The molecule has 138 valence electrons. The van der Waals surface area contributed by atoms with E-state index in [1.807, 2.05) is 31.2 Å². The third-order valence-electron chi connectivity index (χ3n) is 4.70. The first-order chi connectivity index (χ1) is 12.5. The van der Waals surface area contributed by atoms with Gasteiger partial charge in [0.25, 0.3) is 0 Å². The molecule has 1 N–H and O–H groups in total. The number of hydrogen-bond acceptors (Lipinski definition) is 5. The van der Waals surface area contributed by atoms with Gasteiger partial charge in [-0.05, 0) is 60.1 Å². The minimum atomic E-state index is -0.402. The molecule has 0 bridgehead atoms. The van der Waals surface area contributed by atoms with Crippen molar-refractivity contribution in [2.45, 2.75) is 32.1 Å². The number of ether oxygens (including phenoxy) is 2. The fourth-order valence-electron chi connectivity index (χ4n) is 3.57. The number of carbonyl (C=O) groups excluding carboxylic acids is 2. The monoisotopic (exact) mass is 467 g/mol. The number of dihydropyridines is 1. The van der Waals surface area contributed by atoms with Gasteiger partial charge in [0.2, 0.25) is 0 Å². The molecule has 0 unspecified atom stereocenters. The van der Waals surface area contributed by atoms with Crippen molar-refractivity contribution < 1.29 is 19.1 Å². The molecule has 3 rings (SSSR count). The van der Waals surface area contributed by atoms with E-state index in [1.54, 1.807) is 7.11 Å². The zero-order chi connectivity index (χ0) is 18.7. The number of allylic oxidation sites excluding steroid dienone is 3. The Morgan fingerprint density at radius 3 is 2.85 bits per heavy atom. The van der Waals surface area contributed by atoms with Gasteiger partial charge in [0, 0.05) is 40.0 Å². The summed E-state index contributed by atoms with van der Waals surface area (Å²) in [5.74, 6) is -0.679. The molecule has 1 aliphatic heterocycles. The maximum atomic E-state index is 12.8. The van der Waals surface area contributed by atoms with Gasteiger partial charge in [-0.15, -0.1) is 0 Å². The lowest BCUT2D eigenvalue weighted by Crippen LogP contribution is -2.34. The van der Waals surface area contributed by atoms with Crippen LogP contribution >= 0.6 is 22.6 Å². The lowest BCUT2D eigenvalue weighted by atomic mass is 9.75. The highest BCUT2D eigenvalue weighted by Crippen LogP contribution is 2.42. The van der Waals surface area contributed by atoms with Crippen molar-refractivity contribution in [3.63, 3.8) is 0 Å². The molecule has 0 spiro atoms. The molecule has 1 heterocycles. The maximum absolute atomic E-state index is 12.8. The molecular formula is C20H22INO4. The Kier molecular flexibility index (Phi) is 6.13. The summed E-state index contributed by atoms with van der Waals surface area (Å²) in [4.78, 5) is 25.6. The van der Waals surface area contributed by atoms with Crippen LogP contribution in [0.5, 0.6) is 0 Å². The van der Waals surface area contributed by atoms with Gasteiger partial charge in [-0.25, -0.2) is 4.79 Å². The summed E-state index contributed by atoms with van der Waals surface area (Å²) >= 11 is 2.25. The normalized spacial score (nSPS) is 20.0. The van der Waals surface area contributed by atoms with Crippen molar-refractivity contribution in [3.05, 3.63) is 55.9 Å². The number of ketones is 1. The highest BCUT2D eigenvalue weighted by atomic mass is 127. The summed E-state index contributed by atoms with van der Waals surface area (Å²) in [6, 6.07) is 7.95. The first-order valence-corrected chi connectivity index (χ1v) is 9.76. The molecule has 0 amide bonds. The number of halogens is 1. The average molecular weight is 467 g/mol. The van der Waals surface area contributed by atoms with Crippen molar-refractivity contribution >= 4 is 34.3 Å². The van der Waals surface area contributed by atoms with Gasteiger partial charge < -0.3 is 14.8 Å². The number of hydrogen-bond donors (Lipinski definition) is 1. The second-order valence-electron chi connectivity index (χ2n) is 6.45. The fourth-order valence-corrected chi connectivity index (χ4v) is 4.14. The zero-order valence-corrected chi connectivity index (χ0v) is 17.1. The lowest BCUT2D eigenvalue weighted by molar-refractivity contribution is -0.140. The van der Waals surface area contributed by atoms with Crippen LogP contribution in [-0.4, -0.2) is 32.1 Å². The highest BCUT2D eigenvalue weighted by molar-refractivity contribution is 14.1. The van der Waals surface area contributed by atoms with Crippen molar-refractivity contribution in [1.82, 2.24) is 5.32 Å². The molecule has 0 fully saturated rings. The summed E-state index contributed by atoms with van der Waals surface area (Å²) in [5.41, 5.74) is 3.86. The van der Waals surface area contributed by atoms with Crippen molar-refractivity contribution in [2.24, 2.45) is 0 Å². The van der Waals surface area contributed by atoms with E-state index < -0.39 is 5.97 Å². The van der Waals surface area contributed by atoms with Gasteiger partial charge >= 0.3 is 5.97 Å². The molecule has 26 heavy (non-hydrogen) atoms. The third kappa shape index (κ3) is 3.86. The number of rotatable bonds is 5. The number of methoxy groups -OCH3 is 1. The van der Waals surface area contributed by atoms with Crippen molar-refractivity contribution in [1.29, 1.82) is 0 Å². The summed E-state index contributed by atoms with van der Waals surface area (Å²) in [7, 11) is 1.56. The van der Waals surface area contributed by atoms with Crippen molar-refractivity contribution in [3.8, 4) is 0 Å². The van der Waals surface area contributed by atoms with Gasteiger partial charge in [0.1, 0.15) is 6.61 Å². The van der Waals surface area contributed by atoms with Crippen LogP contribution in [0, 0.1) is 3.57 Å². The van der Waals surface area contributed by atoms with Crippen LogP contribution in [0.3, 0.4) is 0 Å². The Morgan fingerprint density at radius 1 is 1.31 bits per heavy atom. The molecule has 0 aromatic heterocycles. The van der Waals surface area contributed by atoms with Crippen LogP contribution in [-0.2, 0) is 19.1 Å². The molecule has 1 aliphatic carbocycles. The Labute approximate surface area is 167 Å². The smallest absolute Gasteiger partial charge is 0.336 e. The SMILES string of the molecule is COCCOC(=O)C1=C(C)NC2=C(C(=O)CCC2)[C@@H]1c1cccc(I)c1. The third-order valence-corrected chi connectivity index (χ3v) is 5.37. The Balaban J connectivity index is 2.06. The summed E-state index contributed by atoms with van der Waals surface area (Å²) in [6.07, 6.45) is 2.18. The van der Waals surface area contributed by atoms with Crippen LogP contribution in [0.25, 0.3) is 0 Å². The fraction of sp³-hybridized carbons (Fsp3) is 0.400. The molecule has 0 saturated heterocycles. The van der Waals surface area contributed by atoms with Crippen LogP contribution in [0.1, 0.15) is 37.7 Å². The van der Waals surface area contributed by atoms with Gasteiger partial charge in [-0.3, -0.25) is 4.79 Å². The molecule has 0 saturated carbocycles. The molecule has 1 atom stereocenters. The van der Waals surface area contributed by atoms with Gasteiger partial charge in [-0.2, -0.15) is 0 Å². The number of Topliss-reactive ketones (excluding diaryl/α,β-unsaturated/α-hetero) is 1. The lowest BCUT2D eigenvalue weighted by Gasteiger charge is -2.34. The minimum absolute atomic E-state index is 0.109. The van der Waals surface area contributed by atoms with E-state index in [-0.39, 0.29) is 18.3 Å². The maximum Gasteiger partial charge on any atom is 0.336 e. The second-order valence-corrected chi connectivity index (χ2v) is 7.70. The molecule has 1 aromatic carbocycles. The molecule has 6 heteroatoms. The molecular weight excluding hydrogens is 445 g/mol. The summed E-state index contributed by atoms with van der Waals surface area (Å²) < 4.78 is 11.4. The van der Waals surface area contributed by atoms with Gasteiger partial charge in [0.05, 0.1) is 12.2 Å². The number of nitrogens with one attached hydrogen (secondary N) is 1. The highest BCUT2D eigenvalue weighted by Gasteiger charge is 2.39. The van der Waals surface area contributed by atoms with E-state index >= 15 is 0 Å². The molecule has 0 radical (unpaired) electrons. The minimum Gasteiger partial charge on any atom is -0.460 e.